The first-order valence-electron chi connectivity index (χ1n) is 7.63. The molecule has 0 radical (unpaired) electrons. The molecule has 0 saturated carbocycles. The summed E-state index contributed by atoms with van der Waals surface area (Å²) in [5.41, 5.74) is 7.45. The van der Waals surface area contributed by atoms with Gasteiger partial charge in [-0.3, -0.25) is 14.6 Å². The molecule has 25 heavy (non-hydrogen) atoms. The lowest BCUT2D eigenvalue weighted by Gasteiger charge is -2.15. The number of primary amides is 1. The van der Waals surface area contributed by atoms with Gasteiger partial charge in [0.1, 0.15) is 11.0 Å². The number of nitrogens with zero attached hydrogens (tertiary/aromatic N) is 2. The molecule has 3 N–H and O–H groups in total. The minimum atomic E-state index is -0.859. The predicted molar refractivity (Wildman–Crippen MR) is 95.6 cm³/mol. The SMILES string of the molecule is NC(=O)[C@@H](NC(=O)Cc1csc(-c2ccccn2)n1)c1ccccc1. The van der Waals surface area contributed by atoms with Crippen LogP contribution in [0.2, 0.25) is 0 Å². The molecule has 3 aromatic rings. The lowest BCUT2D eigenvalue weighted by Crippen LogP contribution is -2.38. The van der Waals surface area contributed by atoms with Crippen LogP contribution < -0.4 is 11.1 Å². The van der Waals surface area contributed by atoms with Gasteiger partial charge in [-0.05, 0) is 17.7 Å². The van der Waals surface area contributed by atoms with E-state index < -0.39 is 11.9 Å². The Bertz CT molecular complexity index is 865. The third-order valence-electron chi connectivity index (χ3n) is 3.50. The Kier molecular flexibility index (Phi) is 5.15. The van der Waals surface area contributed by atoms with Crippen LogP contribution >= 0.6 is 11.3 Å². The van der Waals surface area contributed by atoms with Gasteiger partial charge < -0.3 is 11.1 Å². The Morgan fingerprint density at radius 3 is 2.56 bits per heavy atom. The second-order valence-corrected chi connectivity index (χ2v) is 6.21. The van der Waals surface area contributed by atoms with E-state index in [4.69, 9.17) is 5.73 Å². The lowest BCUT2D eigenvalue weighted by molar-refractivity contribution is -0.127. The third-order valence-corrected chi connectivity index (χ3v) is 4.41. The molecule has 1 aromatic carbocycles. The number of amides is 2. The Morgan fingerprint density at radius 2 is 1.88 bits per heavy atom. The first-order valence-corrected chi connectivity index (χ1v) is 8.51. The van der Waals surface area contributed by atoms with Crippen molar-refractivity contribution in [2.75, 3.05) is 0 Å². The van der Waals surface area contributed by atoms with Crippen molar-refractivity contribution in [3.63, 3.8) is 0 Å². The summed E-state index contributed by atoms with van der Waals surface area (Å²) in [4.78, 5) is 32.6. The predicted octanol–water partition coefficient (Wildman–Crippen LogP) is 2.09. The maximum Gasteiger partial charge on any atom is 0.244 e. The summed E-state index contributed by atoms with van der Waals surface area (Å²) in [6.45, 7) is 0. The number of nitrogens with one attached hydrogen (secondary N) is 1. The second-order valence-electron chi connectivity index (χ2n) is 5.35. The molecule has 0 spiro atoms. The zero-order valence-corrected chi connectivity index (χ0v) is 14.1. The Morgan fingerprint density at radius 1 is 1.12 bits per heavy atom. The second kappa shape index (κ2) is 7.67. The molecular formula is C18H16N4O2S. The Balaban J connectivity index is 1.68. The van der Waals surface area contributed by atoms with Gasteiger partial charge in [-0.2, -0.15) is 0 Å². The molecule has 6 nitrogen and oxygen atoms in total. The number of rotatable bonds is 6. The summed E-state index contributed by atoms with van der Waals surface area (Å²) < 4.78 is 0. The zero-order chi connectivity index (χ0) is 17.6. The van der Waals surface area contributed by atoms with Crippen molar-refractivity contribution in [1.82, 2.24) is 15.3 Å². The quantitative estimate of drug-likeness (QED) is 0.710. The Hall–Kier alpha value is -3.06. The van der Waals surface area contributed by atoms with Crippen LogP contribution in [0.1, 0.15) is 17.3 Å². The van der Waals surface area contributed by atoms with Crippen molar-refractivity contribution in [3.8, 4) is 10.7 Å². The molecule has 3 rings (SSSR count). The highest BCUT2D eigenvalue weighted by atomic mass is 32.1. The number of aromatic nitrogens is 2. The summed E-state index contributed by atoms with van der Waals surface area (Å²) in [5.74, 6) is -0.919. The van der Waals surface area contributed by atoms with E-state index in [1.165, 1.54) is 11.3 Å². The number of hydrogen-bond donors (Lipinski definition) is 2. The van der Waals surface area contributed by atoms with E-state index in [0.29, 0.717) is 11.3 Å². The van der Waals surface area contributed by atoms with E-state index in [9.17, 15) is 9.59 Å². The van der Waals surface area contributed by atoms with Gasteiger partial charge in [0.15, 0.2) is 0 Å². The van der Waals surface area contributed by atoms with Gasteiger partial charge in [0.2, 0.25) is 11.8 Å². The van der Waals surface area contributed by atoms with Crippen molar-refractivity contribution in [2.24, 2.45) is 5.73 Å². The number of pyridine rings is 1. The van der Waals surface area contributed by atoms with Crippen molar-refractivity contribution in [1.29, 1.82) is 0 Å². The molecule has 0 aliphatic rings. The molecule has 1 atom stereocenters. The molecule has 0 bridgehead atoms. The van der Waals surface area contributed by atoms with Gasteiger partial charge in [-0.15, -0.1) is 11.3 Å². The normalized spacial score (nSPS) is 11.7. The minimum Gasteiger partial charge on any atom is -0.368 e. The van der Waals surface area contributed by atoms with Crippen LogP contribution in [0.3, 0.4) is 0 Å². The molecule has 0 aliphatic carbocycles. The highest BCUT2D eigenvalue weighted by molar-refractivity contribution is 7.13. The van der Waals surface area contributed by atoms with Crippen molar-refractivity contribution >= 4 is 23.2 Å². The van der Waals surface area contributed by atoms with E-state index >= 15 is 0 Å². The lowest BCUT2D eigenvalue weighted by atomic mass is 10.1. The minimum absolute atomic E-state index is 0.0694. The molecule has 2 heterocycles. The maximum absolute atomic E-state index is 12.3. The topological polar surface area (TPSA) is 98.0 Å². The summed E-state index contributed by atoms with van der Waals surface area (Å²) >= 11 is 1.42. The van der Waals surface area contributed by atoms with Gasteiger partial charge in [0.05, 0.1) is 17.8 Å². The fourth-order valence-electron chi connectivity index (χ4n) is 2.34. The Labute approximate surface area is 148 Å². The van der Waals surface area contributed by atoms with Crippen LogP contribution in [-0.2, 0) is 16.0 Å². The van der Waals surface area contributed by atoms with Gasteiger partial charge in [0.25, 0.3) is 0 Å². The largest absolute Gasteiger partial charge is 0.368 e. The maximum atomic E-state index is 12.3. The fourth-order valence-corrected chi connectivity index (χ4v) is 3.13. The summed E-state index contributed by atoms with van der Waals surface area (Å²) in [5, 5.41) is 5.22. The smallest absolute Gasteiger partial charge is 0.244 e. The molecular weight excluding hydrogens is 336 g/mol. The molecule has 2 aromatic heterocycles. The summed E-state index contributed by atoms with van der Waals surface area (Å²) in [6.07, 6.45) is 1.76. The van der Waals surface area contributed by atoms with Crippen LogP contribution in [0.15, 0.2) is 60.1 Å². The molecule has 7 heteroatoms. The standard InChI is InChI=1S/C18H16N4O2S/c19-17(24)16(12-6-2-1-3-7-12)22-15(23)10-13-11-25-18(21-13)14-8-4-5-9-20-14/h1-9,11,16H,10H2,(H2,19,24)(H,22,23)/t16-/m0/s1. The van der Waals surface area contributed by atoms with Crippen LogP contribution in [0.4, 0.5) is 0 Å². The number of carbonyl (C=O) groups excluding carboxylic acids is 2. The van der Waals surface area contributed by atoms with Crippen LogP contribution in [0.5, 0.6) is 0 Å². The van der Waals surface area contributed by atoms with Crippen LogP contribution in [-0.4, -0.2) is 21.8 Å². The van der Waals surface area contributed by atoms with Gasteiger partial charge in [-0.25, -0.2) is 4.98 Å². The van der Waals surface area contributed by atoms with Gasteiger partial charge in [-0.1, -0.05) is 36.4 Å². The average molecular weight is 352 g/mol. The van der Waals surface area contributed by atoms with Gasteiger partial charge in [0, 0.05) is 11.6 Å². The third kappa shape index (κ3) is 4.27. The van der Waals surface area contributed by atoms with E-state index in [1.54, 1.807) is 30.5 Å². The molecule has 0 aliphatic heterocycles. The van der Waals surface area contributed by atoms with Crippen molar-refractivity contribution in [2.45, 2.75) is 12.5 Å². The number of benzene rings is 1. The summed E-state index contributed by atoms with van der Waals surface area (Å²) in [7, 11) is 0. The first kappa shape index (κ1) is 16.8. The number of thiazole rings is 1. The number of nitrogens with two attached hydrogens (primary N) is 1. The fraction of sp³-hybridized carbons (Fsp3) is 0.111. The van der Waals surface area contributed by atoms with Crippen LogP contribution in [0.25, 0.3) is 10.7 Å². The van der Waals surface area contributed by atoms with Crippen molar-refractivity contribution in [3.05, 3.63) is 71.4 Å². The van der Waals surface area contributed by atoms with Crippen LogP contribution in [0, 0.1) is 0 Å². The highest BCUT2D eigenvalue weighted by Crippen LogP contribution is 2.21. The van der Waals surface area contributed by atoms with Gasteiger partial charge >= 0.3 is 0 Å². The number of carbonyl (C=O) groups is 2. The zero-order valence-electron chi connectivity index (χ0n) is 13.3. The van der Waals surface area contributed by atoms with Crippen molar-refractivity contribution < 1.29 is 9.59 Å². The molecule has 0 fully saturated rings. The van der Waals surface area contributed by atoms with E-state index in [0.717, 1.165) is 10.7 Å². The highest BCUT2D eigenvalue weighted by Gasteiger charge is 2.20. The molecule has 2 amide bonds. The average Bonchev–Trinajstić information content (AvgIpc) is 3.09. The first-order chi connectivity index (χ1) is 12.1. The number of hydrogen-bond acceptors (Lipinski definition) is 5. The molecule has 126 valence electrons. The molecule has 0 saturated heterocycles. The molecule has 0 unspecified atom stereocenters. The summed E-state index contributed by atoms with van der Waals surface area (Å²) in [6, 6.07) is 13.6. The monoisotopic (exact) mass is 352 g/mol. The van der Waals surface area contributed by atoms with E-state index in [1.807, 2.05) is 29.6 Å². The van der Waals surface area contributed by atoms with E-state index in [2.05, 4.69) is 15.3 Å². The van der Waals surface area contributed by atoms with E-state index in [-0.39, 0.29) is 12.3 Å².